The van der Waals surface area contributed by atoms with Gasteiger partial charge < -0.3 is 15.2 Å². The molecule has 0 bridgehead atoms. The van der Waals surface area contributed by atoms with Gasteiger partial charge in [0.05, 0.1) is 20.1 Å². The number of hydrogen-bond acceptors (Lipinski definition) is 3. The van der Waals surface area contributed by atoms with Crippen molar-refractivity contribution in [1.82, 2.24) is 5.32 Å². The quantitative estimate of drug-likeness (QED) is 0.819. The van der Waals surface area contributed by atoms with Crippen LogP contribution in [0.15, 0.2) is 42.5 Å². The normalized spacial score (nSPS) is 10.4. The fraction of sp³-hybridized carbons (Fsp3) is 0.278. The third-order valence-electron chi connectivity index (χ3n) is 3.55. The van der Waals surface area contributed by atoms with Crippen LogP contribution in [0.2, 0.25) is 5.02 Å². The molecule has 0 aliphatic carbocycles. The summed E-state index contributed by atoms with van der Waals surface area (Å²) in [5.41, 5.74) is 2.77. The number of methoxy groups -OCH3 is 1. The van der Waals surface area contributed by atoms with Crippen molar-refractivity contribution in [1.29, 1.82) is 0 Å². The Morgan fingerprint density at radius 1 is 1.17 bits per heavy atom. The molecule has 0 fully saturated rings. The van der Waals surface area contributed by atoms with E-state index in [2.05, 4.69) is 5.32 Å². The minimum Gasteiger partial charge on any atom is -0.497 e. The molecule has 5 heteroatoms. The van der Waals surface area contributed by atoms with Gasteiger partial charge in [-0.2, -0.15) is 0 Å². The number of rotatable bonds is 7. The molecule has 0 aromatic heterocycles. The summed E-state index contributed by atoms with van der Waals surface area (Å²) in [7, 11) is 1.57. The van der Waals surface area contributed by atoms with E-state index >= 15 is 0 Å². The molecule has 2 N–H and O–H groups in total. The van der Waals surface area contributed by atoms with E-state index < -0.39 is 0 Å². The van der Waals surface area contributed by atoms with E-state index in [4.69, 9.17) is 21.4 Å². The lowest BCUT2D eigenvalue weighted by molar-refractivity contribution is -0.120. The molecule has 0 heterocycles. The summed E-state index contributed by atoms with van der Waals surface area (Å²) in [6.07, 6.45) is 0.986. The Hall–Kier alpha value is -2.04. The molecule has 0 saturated heterocycles. The predicted octanol–water partition coefficient (Wildman–Crippen LogP) is 2.74. The lowest BCUT2D eigenvalue weighted by Crippen LogP contribution is -2.27. The summed E-state index contributed by atoms with van der Waals surface area (Å²) in [5, 5.41) is 12.4. The van der Waals surface area contributed by atoms with Crippen molar-refractivity contribution in [2.24, 2.45) is 0 Å². The Morgan fingerprint density at radius 3 is 2.48 bits per heavy atom. The average molecular weight is 334 g/mol. The van der Waals surface area contributed by atoms with Gasteiger partial charge in [0.2, 0.25) is 5.91 Å². The molecule has 0 saturated carbocycles. The zero-order valence-electron chi connectivity index (χ0n) is 13.0. The highest BCUT2D eigenvalue weighted by Crippen LogP contribution is 2.22. The second kappa shape index (κ2) is 8.56. The largest absolute Gasteiger partial charge is 0.497 e. The topological polar surface area (TPSA) is 58.6 Å². The summed E-state index contributed by atoms with van der Waals surface area (Å²) in [4.78, 5) is 12.0. The first kappa shape index (κ1) is 17.3. The lowest BCUT2D eigenvalue weighted by Gasteiger charge is -2.08. The molecule has 4 nitrogen and oxygen atoms in total. The Kier molecular flexibility index (Phi) is 6.44. The van der Waals surface area contributed by atoms with Crippen LogP contribution in [0, 0.1) is 0 Å². The summed E-state index contributed by atoms with van der Waals surface area (Å²) in [6, 6.07) is 13.0. The highest BCUT2D eigenvalue weighted by atomic mass is 35.5. The van der Waals surface area contributed by atoms with Crippen LogP contribution < -0.4 is 10.1 Å². The van der Waals surface area contributed by atoms with Crippen molar-refractivity contribution >= 4 is 17.5 Å². The van der Waals surface area contributed by atoms with Crippen molar-refractivity contribution < 1.29 is 14.6 Å². The average Bonchev–Trinajstić information content (AvgIpc) is 2.57. The van der Waals surface area contributed by atoms with Crippen molar-refractivity contribution in [3.63, 3.8) is 0 Å². The van der Waals surface area contributed by atoms with Crippen LogP contribution in [0.4, 0.5) is 0 Å². The minimum absolute atomic E-state index is 0.0413. The van der Waals surface area contributed by atoms with E-state index in [1.807, 2.05) is 24.3 Å². The summed E-state index contributed by atoms with van der Waals surface area (Å²) in [6.45, 7) is 0.602. The van der Waals surface area contributed by atoms with Gasteiger partial charge in [0.1, 0.15) is 5.75 Å². The van der Waals surface area contributed by atoms with Crippen LogP contribution in [-0.2, 0) is 24.2 Å². The molecule has 1 amide bonds. The van der Waals surface area contributed by atoms with Crippen LogP contribution in [0.5, 0.6) is 5.75 Å². The SMILES string of the molecule is COc1ccc(CC(=O)NCCc2ccc(CO)cc2)c(Cl)c1. The Morgan fingerprint density at radius 2 is 1.87 bits per heavy atom. The monoisotopic (exact) mass is 333 g/mol. The van der Waals surface area contributed by atoms with Crippen molar-refractivity contribution in [2.75, 3.05) is 13.7 Å². The molecule has 2 aromatic rings. The highest BCUT2D eigenvalue weighted by molar-refractivity contribution is 6.31. The van der Waals surface area contributed by atoms with Crippen molar-refractivity contribution in [3.8, 4) is 5.75 Å². The maximum absolute atomic E-state index is 12.0. The van der Waals surface area contributed by atoms with E-state index in [-0.39, 0.29) is 18.9 Å². The van der Waals surface area contributed by atoms with Gasteiger partial charge in [-0.25, -0.2) is 0 Å². The molecule has 122 valence electrons. The maximum Gasteiger partial charge on any atom is 0.224 e. The second-order valence-corrected chi connectivity index (χ2v) is 5.62. The zero-order valence-corrected chi connectivity index (χ0v) is 13.8. The Balaban J connectivity index is 1.80. The van der Waals surface area contributed by atoms with Crippen LogP contribution in [0.25, 0.3) is 0 Å². The van der Waals surface area contributed by atoms with Crippen molar-refractivity contribution in [3.05, 3.63) is 64.2 Å². The third kappa shape index (κ3) is 5.27. The molecular weight excluding hydrogens is 314 g/mol. The first-order valence-corrected chi connectivity index (χ1v) is 7.78. The molecule has 2 aromatic carbocycles. The number of halogens is 1. The van der Waals surface area contributed by atoms with E-state index in [9.17, 15) is 4.79 Å². The highest BCUT2D eigenvalue weighted by Gasteiger charge is 2.08. The number of carbonyl (C=O) groups is 1. The van der Waals surface area contributed by atoms with Crippen molar-refractivity contribution in [2.45, 2.75) is 19.4 Å². The first-order chi connectivity index (χ1) is 11.1. The van der Waals surface area contributed by atoms with Gasteiger partial charge in [0.25, 0.3) is 0 Å². The number of amides is 1. The second-order valence-electron chi connectivity index (χ2n) is 5.21. The predicted molar refractivity (Wildman–Crippen MR) is 90.8 cm³/mol. The van der Waals surface area contributed by atoms with Crippen LogP contribution >= 0.6 is 11.6 Å². The van der Waals surface area contributed by atoms with Gasteiger partial charge in [-0.15, -0.1) is 0 Å². The fourth-order valence-corrected chi connectivity index (χ4v) is 2.43. The van der Waals surface area contributed by atoms with Crippen LogP contribution in [-0.4, -0.2) is 24.7 Å². The molecule has 0 spiro atoms. The first-order valence-electron chi connectivity index (χ1n) is 7.40. The zero-order chi connectivity index (χ0) is 16.7. The van der Waals surface area contributed by atoms with Gasteiger partial charge in [-0.3, -0.25) is 4.79 Å². The molecule has 0 unspecified atom stereocenters. The number of hydrogen-bond donors (Lipinski definition) is 2. The van der Waals surface area contributed by atoms with E-state index in [1.165, 1.54) is 0 Å². The summed E-state index contributed by atoms with van der Waals surface area (Å²) in [5.74, 6) is 0.606. The standard InChI is InChI=1S/C18H20ClNO3/c1-23-16-7-6-15(17(19)11-16)10-18(22)20-9-8-13-2-4-14(12-21)5-3-13/h2-7,11,21H,8-10,12H2,1H3,(H,20,22). The Labute approximate surface area is 141 Å². The number of ether oxygens (including phenoxy) is 1. The molecule has 0 radical (unpaired) electrons. The molecule has 0 atom stereocenters. The molecule has 0 aliphatic heterocycles. The molecular formula is C18H20ClNO3. The molecule has 23 heavy (non-hydrogen) atoms. The van der Waals surface area contributed by atoms with E-state index in [0.29, 0.717) is 17.3 Å². The Bertz CT molecular complexity index is 656. The third-order valence-corrected chi connectivity index (χ3v) is 3.90. The number of aliphatic hydroxyl groups excluding tert-OH is 1. The van der Waals surface area contributed by atoms with Gasteiger partial charge in [0.15, 0.2) is 0 Å². The van der Waals surface area contributed by atoms with Gasteiger partial charge in [-0.05, 0) is 35.2 Å². The van der Waals surface area contributed by atoms with E-state index in [1.54, 1.807) is 25.3 Å². The summed E-state index contributed by atoms with van der Waals surface area (Å²) < 4.78 is 5.08. The van der Waals surface area contributed by atoms with Gasteiger partial charge in [0, 0.05) is 11.6 Å². The number of nitrogens with one attached hydrogen (secondary N) is 1. The van der Waals surface area contributed by atoms with E-state index in [0.717, 1.165) is 23.1 Å². The molecule has 2 rings (SSSR count). The van der Waals surface area contributed by atoms with Gasteiger partial charge in [-0.1, -0.05) is 41.9 Å². The van der Waals surface area contributed by atoms with Gasteiger partial charge >= 0.3 is 0 Å². The number of aliphatic hydroxyl groups is 1. The maximum atomic E-state index is 12.0. The van der Waals surface area contributed by atoms with Crippen LogP contribution in [0.3, 0.4) is 0 Å². The minimum atomic E-state index is -0.0657. The number of benzene rings is 2. The summed E-state index contributed by atoms with van der Waals surface area (Å²) >= 11 is 6.13. The number of carbonyl (C=O) groups excluding carboxylic acids is 1. The van der Waals surface area contributed by atoms with Crippen LogP contribution in [0.1, 0.15) is 16.7 Å². The lowest BCUT2D eigenvalue weighted by atomic mass is 10.1. The smallest absolute Gasteiger partial charge is 0.224 e. The fourth-order valence-electron chi connectivity index (χ4n) is 2.19. The molecule has 0 aliphatic rings.